The fourth-order valence-corrected chi connectivity index (χ4v) is 1.53. The standard InChI is InChI=1S/C10H19N3/c1-3-5-6-13-10(4-2)9(7-11)8-12-13/h8H,3-7,11H2,1-2H3. The van der Waals surface area contributed by atoms with Gasteiger partial charge in [-0.2, -0.15) is 5.10 Å². The first-order valence-electron chi connectivity index (χ1n) is 5.07. The molecule has 0 aromatic carbocycles. The quantitative estimate of drug-likeness (QED) is 0.751. The van der Waals surface area contributed by atoms with Crippen molar-refractivity contribution in [1.29, 1.82) is 0 Å². The molecule has 0 fully saturated rings. The first-order valence-corrected chi connectivity index (χ1v) is 5.07. The third-order valence-corrected chi connectivity index (χ3v) is 2.31. The van der Waals surface area contributed by atoms with E-state index >= 15 is 0 Å². The third-order valence-electron chi connectivity index (χ3n) is 2.31. The molecule has 0 amide bonds. The minimum Gasteiger partial charge on any atom is -0.326 e. The van der Waals surface area contributed by atoms with Crippen molar-refractivity contribution in [3.05, 3.63) is 17.5 Å². The fraction of sp³-hybridized carbons (Fsp3) is 0.700. The average molecular weight is 181 g/mol. The van der Waals surface area contributed by atoms with Gasteiger partial charge < -0.3 is 5.73 Å². The molecule has 74 valence electrons. The minimum absolute atomic E-state index is 0.606. The van der Waals surface area contributed by atoms with Crippen molar-refractivity contribution in [3.8, 4) is 0 Å². The topological polar surface area (TPSA) is 43.8 Å². The Labute approximate surface area is 79.9 Å². The van der Waals surface area contributed by atoms with Crippen LogP contribution in [0.4, 0.5) is 0 Å². The van der Waals surface area contributed by atoms with Gasteiger partial charge in [0.2, 0.25) is 0 Å². The summed E-state index contributed by atoms with van der Waals surface area (Å²) < 4.78 is 2.09. The Kier molecular flexibility index (Phi) is 3.96. The minimum atomic E-state index is 0.606. The van der Waals surface area contributed by atoms with Crippen LogP contribution in [0.2, 0.25) is 0 Å². The maximum Gasteiger partial charge on any atom is 0.0537 e. The number of aromatic nitrogens is 2. The SMILES string of the molecule is CCCCn1ncc(CN)c1CC. The van der Waals surface area contributed by atoms with Gasteiger partial charge in [-0.05, 0) is 12.8 Å². The molecule has 0 spiro atoms. The third kappa shape index (κ3) is 2.31. The van der Waals surface area contributed by atoms with Gasteiger partial charge in [-0.3, -0.25) is 4.68 Å². The average Bonchev–Trinajstić information content (AvgIpc) is 2.56. The van der Waals surface area contributed by atoms with E-state index in [4.69, 9.17) is 5.73 Å². The van der Waals surface area contributed by atoms with Crippen molar-refractivity contribution in [2.45, 2.75) is 46.2 Å². The van der Waals surface area contributed by atoms with Crippen LogP contribution in [0.1, 0.15) is 37.9 Å². The zero-order valence-corrected chi connectivity index (χ0v) is 8.58. The van der Waals surface area contributed by atoms with E-state index in [0.717, 1.165) is 13.0 Å². The van der Waals surface area contributed by atoms with E-state index < -0.39 is 0 Å². The number of rotatable bonds is 5. The molecule has 3 nitrogen and oxygen atoms in total. The first kappa shape index (κ1) is 10.3. The van der Waals surface area contributed by atoms with E-state index in [2.05, 4.69) is 23.6 Å². The highest BCUT2D eigenvalue weighted by molar-refractivity contribution is 5.17. The van der Waals surface area contributed by atoms with E-state index in [0.29, 0.717) is 6.54 Å². The van der Waals surface area contributed by atoms with Crippen LogP contribution in [-0.2, 0) is 19.5 Å². The second kappa shape index (κ2) is 5.02. The van der Waals surface area contributed by atoms with Crippen LogP contribution < -0.4 is 5.73 Å². The molecular weight excluding hydrogens is 162 g/mol. The molecule has 0 bridgehead atoms. The number of nitrogens with two attached hydrogens (primary N) is 1. The van der Waals surface area contributed by atoms with Gasteiger partial charge in [0.1, 0.15) is 0 Å². The summed E-state index contributed by atoms with van der Waals surface area (Å²) in [4.78, 5) is 0. The van der Waals surface area contributed by atoms with Gasteiger partial charge >= 0.3 is 0 Å². The highest BCUT2D eigenvalue weighted by Gasteiger charge is 2.06. The van der Waals surface area contributed by atoms with Crippen LogP contribution in [0, 0.1) is 0 Å². The molecular formula is C10H19N3. The molecule has 0 aliphatic carbocycles. The fourth-order valence-electron chi connectivity index (χ4n) is 1.53. The van der Waals surface area contributed by atoms with Crippen molar-refractivity contribution < 1.29 is 0 Å². The molecule has 0 radical (unpaired) electrons. The van der Waals surface area contributed by atoms with Crippen molar-refractivity contribution >= 4 is 0 Å². The Morgan fingerprint density at radius 1 is 1.46 bits per heavy atom. The molecule has 0 aliphatic heterocycles. The molecule has 1 aromatic heterocycles. The molecule has 0 atom stereocenters. The van der Waals surface area contributed by atoms with Crippen LogP contribution in [0.3, 0.4) is 0 Å². The Morgan fingerprint density at radius 3 is 2.77 bits per heavy atom. The Hall–Kier alpha value is -0.830. The molecule has 3 heteroatoms. The molecule has 2 N–H and O–H groups in total. The Morgan fingerprint density at radius 2 is 2.23 bits per heavy atom. The maximum atomic E-state index is 5.61. The predicted octanol–water partition coefficient (Wildman–Crippen LogP) is 1.70. The largest absolute Gasteiger partial charge is 0.326 e. The molecule has 0 unspecified atom stereocenters. The summed E-state index contributed by atoms with van der Waals surface area (Å²) in [5, 5.41) is 4.33. The molecule has 0 saturated heterocycles. The number of hydrogen-bond donors (Lipinski definition) is 1. The van der Waals surface area contributed by atoms with E-state index in [9.17, 15) is 0 Å². The number of unbranched alkanes of at least 4 members (excludes halogenated alkanes) is 1. The lowest BCUT2D eigenvalue weighted by Gasteiger charge is -2.05. The molecule has 0 aliphatic rings. The summed E-state index contributed by atoms with van der Waals surface area (Å²) in [5.74, 6) is 0. The van der Waals surface area contributed by atoms with E-state index in [1.54, 1.807) is 0 Å². The summed E-state index contributed by atoms with van der Waals surface area (Å²) in [5.41, 5.74) is 8.11. The smallest absolute Gasteiger partial charge is 0.0537 e. The van der Waals surface area contributed by atoms with Crippen LogP contribution in [0.15, 0.2) is 6.20 Å². The van der Waals surface area contributed by atoms with Crippen LogP contribution >= 0.6 is 0 Å². The lowest BCUT2D eigenvalue weighted by atomic mass is 10.2. The highest BCUT2D eigenvalue weighted by atomic mass is 15.3. The maximum absolute atomic E-state index is 5.61. The van der Waals surface area contributed by atoms with Gasteiger partial charge in [0, 0.05) is 24.3 Å². The molecule has 0 saturated carbocycles. The van der Waals surface area contributed by atoms with Crippen molar-refractivity contribution in [3.63, 3.8) is 0 Å². The van der Waals surface area contributed by atoms with Crippen molar-refractivity contribution in [2.24, 2.45) is 5.73 Å². The van der Waals surface area contributed by atoms with Crippen LogP contribution in [0.25, 0.3) is 0 Å². The summed E-state index contributed by atoms with van der Waals surface area (Å²) >= 11 is 0. The second-order valence-electron chi connectivity index (χ2n) is 3.25. The number of aryl methyl sites for hydroxylation is 1. The zero-order valence-electron chi connectivity index (χ0n) is 8.58. The van der Waals surface area contributed by atoms with E-state index in [1.165, 1.54) is 24.1 Å². The number of nitrogens with zero attached hydrogens (tertiary/aromatic N) is 2. The zero-order chi connectivity index (χ0) is 9.68. The van der Waals surface area contributed by atoms with Gasteiger partial charge in [0.15, 0.2) is 0 Å². The van der Waals surface area contributed by atoms with Crippen LogP contribution in [0.5, 0.6) is 0 Å². The predicted molar refractivity (Wildman–Crippen MR) is 54.4 cm³/mol. The lowest BCUT2D eigenvalue weighted by Crippen LogP contribution is -2.06. The molecule has 1 heterocycles. The van der Waals surface area contributed by atoms with Gasteiger partial charge in [-0.15, -0.1) is 0 Å². The Bertz CT molecular complexity index is 253. The normalized spacial score (nSPS) is 10.7. The van der Waals surface area contributed by atoms with Gasteiger partial charge in [0.05, 0.1) is 6.20 Å². The first-order chi connectivity index (χ1) is 6.33. The van der Waals surface area contributed by atoms with Crippen molar-refractivity contribution in [1.82, 2.24) is 9.78 Å². The monoisotopic (exact) mass is 181 g/mol. The van der Waals surface area contributed by atoms with Crippen molar-refractivity contribution in [2.75, 3.05) is 0 Å². The lowest BCUT2D eigenvalue weighted by molar-refractivity contribution is 0.550. The van der Waals surface area contributed by atoms with Gasteiger partial charge in [-0.1, -0.05) is 20.3 Å². The van der Waals surface area contributed by atoms with Gasteiger partial charge in [0.25, 0.3) is 0 Å². The molecule has 1 aromatic rings. The second-order valence-corrected chi connectivity index (χ2v) is 3.25. The van der Waals surface area contributed by atoms with Gasteiger partial charge in [-0.25, -0.2) is 0 Å². The van der Waals surface area contributed by atoms with E-state index in [-0.39, 0.29) is 0 Å². The summed E-state index contributed by atoms with van der Waals surface area (Å²) in [7, 11) is 0. The highest BCUT2D eigenvalue weighted by Crippen LogP contribution is 2.09. The van der Waals surface area contributed by atoms with Crippen LogP contribution in [-0.4, -0.2) is 9.78 Å². The van der Waals surface area contributed by atoms with E-state index in [1.807, 2.05) is 6.20 Å². The summed E-state index contributed by atoms with van der Waals surface area (Å²) in [6, 6.07) is 0. The number of hydrogen-bond acceptors (Lipinski definition) is 2. The molecule has 1 rings (SSSR count). The Balaban J connectivity index is 2.75. The summed E-state index contributed by atoms with van der Waals surface area (Å²) in [6.07, 6.45) is 5.32. The molecule has 13 heavy (non-hydrogen) atoms. The summed E-state index contributed by atoms with van der Waals surface area (Å²) in [6.45, 7) is 5.98.